The Morgan fingerprint density at radius 1 is 1.50 bits per heavy atom. The minimum absolute atomic E-state index is 0. The second-order valence-corrected chi connectivity index (χ2v) is 2.66. The summed E-state index contributed by atoms with van der Waals surface area (Å²) in [6.45, 7) is 4.04. The summed E-state index contributed by atoms with van der Waals surface area (Å²) in [5.74, 6) is 0. The van der Waals surface area contributed by atoms with E-state index in [0.29, 0.717) is 0 Å². The first-order valence-corrected chi connectivity index (χ1v) is 4.05. The fourth-order valence-corrected chi connectivity index (χ4v) is 0.748. The van der Waals surface area contributed by atoms with E-state index < -0.39 is 0 Å². The Kier molecular flexibility index (Phi) is 11.9. The summed E-state index contributed by atoms with van der Waals surface area (Å²) in [5, 5.41) is 3.01. The standard InChI is InChI=1S/C8H12BrN2.U/c1-7(2)8(4-5-9)11-6-10-3;/h4,6H,1-3H3,(H,10,11);/q-1;. The second kappa shape index (κ2) is 9.57. The molecule has 0 bridgehead atoms. The zero-order valence-corrected chi connectivity index (χ0v) is 13.2. The quantitative estimate of drug-likeness (QED) is 0.301. The largest absolute Gasteiger partial charge is 0.425 e. The van der Waals surface area contributed by atoms with Gasteiger partial charge in [-0.2, -0.15) is 20.9 Å². The van der Waals surface area contributed by atoms with Crippen LogP contribution in [0.2, 0.25) is 0 Å². The molecule has 2 nitrogen and oxygen atoms in total. The van der Waals surface area contributed by atoms with Gasteiger partial charge in [-0.1, -0.05) is 13.8 Å². The zero-order chi connectivity index (χ0) is 8.69. The smallest absolute Gasteiger partial charge is 0.0703 e. The average Bonchev–Trinajstić information content (AvgIpc) is 1.97. The summed E-state index contributed by atoms with van der Waals surface area (Å²) in [6, 6.07) is 0. The van der Waals surface area contributed by atoms with Gasteiger partial charge in [0.25, 0.3) is 0 Å². The van der Waals surface area contributed by atoms with Crippen LogP contribution in [0.1, 0.15) is 13.8 Å². The van der Waals surface area contributed by atoms with Crippen molar-refractivity contribution < 1.29 is 31.1 Å². The Morgan fingerprint density at radius 2 is 2.08 bits per heavy atom. The van der Waals surface area contributed by atoms with Crippen LogP contribution in [0.4, 0.5) is 0 Å². The summed E-state index contributed by atoms with van der Waals surface area (Å²) < 4.78 is 0. The van der Waals surface area contributed by atoms with Gasteiger partial charge in [0.05, 0.1) is 6.34 Å². The summed E-state index contributed by atoms with van der Waals surface area (Å²) in [5.41, 5.74) is 2.20. The molecule has 0 aliphatic heterocycles. The third-order valence-corrected chi connectivity index (χ3v) is 1.32. The number of allylic oxidation sites excluding steroid dienone is 2. The predicted octanol–water partition coefficient (Wildman–Crippen LogP) is 2.24. The van der Waals surface area contributed by atoms with Gasteiger partial charge in [-0.05, 0) is 0 Å². The summed E-state index contributed by atoms with van der Waals surface area (Å²) in [7, 11) is 1.72. The van der Waals surface area contributed by atoms with Crippen molar-refractivity contribution in [2.75, 3.05) is 7.05 Å². The molecule has 0 aromatic rings. The maximum atomic E-state index is 3.81. The van der Waals surface area contributed by atoms with Crippen molar-refractivity contribution in [1.82, 2.24) is 5.32 Å². The Hall–Kier alpha value is 0.482. The van der Waals surface area contributed by atoms with Crippen LogP contribution in [-0.2, 0) is 0 Å². The van der Waals surface area contributed by atoms with E-state index in [0.717, 1.165) is 5.70 Å². The van der Waals surface area contributed by atoms with Crippen LogP contribution in [0, 0.1) is 36.1 Å². The summed E-state index contributed by atoms with van der Waals surface area (Å²) >= 11 is 3.09. The van der Waals surface area contributed by atoms with E-state index >= 15 is 0 Å². The van der Waals surface area contributed by atoms with Gasteiger partial charge in [0.2, 0.25) is 0 Å². The molecular weight excluding hydrogens is 442 g/mol. The number of nitrogens with one attached hydrogen (secondary N) is 1. The van der Waals surface area contributed by atoms with Crippen LogP contribution in [0.25, 0.3) is 0 Å². The van der Waals surface area contributed by atoms with Crippen molar-refractivity contribution in [2.24, 2.45) is 4.99 Å². The molecule has 0 atom stereocenters. The maximum absolute atomic E-state index is 3.81. The first-order valence-electron chi connectivity index (χ1n) is 3.26. The van der Waals surface area contributed by atoms with E-state index in [4.69, 9.17) is 0 Å². The monoisotopic (exact) mass is 453 g/mol. The van der Waals surface area contributed by atoms with Gasteiger partial charge in [0, 0.05) is 38.2 Å². The summed E-state index contributed by atoms with van der Waals surface area (Å²) in [4.78, 5) is 6.57. The maximum Gasteiger partial charge on any atom is 0.0703 e. The number of rotatable bonds is 3. The van der Waals surface area contributed by atoms with E-state index in [9.17, 15) is 0 Å². The number of hydrogen-bond donors (Lipinski definition) is 1. The molecule has 0 aromatic carbocycles. The van der Waals surface area contributed by atoms with Crippen LogP contribution in [0.5, 0.6) is 0 Å². The third kappa shape index (κ3) is 7.15. The molecule has 1 N–H and O–H groups in total. The van der Waals surface area contributed by atoms with Gasteiger partial charge in [-0.15, -0.1) is 11.3 Å². The number of nitrogens with zero attached hydrogens (tertiary/aromatic N) is 1. The second-order valence-electron chi connectivity index (χ2n) is 2.20. The Bertz CT molecular complexity index is 193. The van der Waals surface area contributed by atoms with Crippen molar-refractivity contribution in [3.63, 3.8) is 0 Å². The van der Waals surface area contributed by atoms with Gasteiger partial charge in [0.15, 0.2) is 0 Å². The molecule has 0 fully saturated rings. The fraction of sp³-hybridized carbons (Fsp3) is 0.375. The Balaban J connectivity index is 0. The first kappa shape index (κ1) is 15.0. The van der Waals surface area contributed by atoms with Crippen molar-refractivity contribution in [1.29, 1.82) is 0 Å². The van der Waals surface area contributed by atoms with Gasteiger partial charge in [-0.25, -0.2) is 6.08 Å². The first-order chi connectivity index (χ1) is 5.22. The van der Waals surface area contributed by atoms with E-state index in [1.807, 2.05) is 19.9 Å². The summed E-state index contributed by atoms with van der Waals surface area (Å²) in [6.07, 6.45) is 3.46. The van der Waals surface area contributed by atoms with E-state index in [1.165, 1.54) is 5.57 Å². The SMILES string of the molecule is CN=CNC(C=[C-]Br)=C(C)C.[U]. The van der Waals surface area contributed by atoms with Crippen LogP contribution >= 0.6 is 15.9 Å². The van der Waals surface area contributed by atoms with Crippen molar-refractivity contribution in [3.8, 4) is 0 Å². The molecule has 66 valence electrons. The molecule has 0 aromatic heterocycles. The van der Waals surface area contributed by atoms with Crippen LogP contribution < -0.4 is 5.32 Å². The van der Waals surface area contributed by atoms with Gasteiger partial charge in [0.1, 0.15) is 0 Å². The number of aliphatic imine (C=N–C) groups is 1. The van der Waals surface area contributed by atoms with E-state index in [2.05, 4.69) is 31.2 Å². The van der Waals surface area contributed by atoms with Crippen LogP contribution in [-0.4, -0.2) is 13.4 Å². The van der Waals surface area contributed by atoms with Crippen molar-refractivity contribution in [3.05, 3.63) is 22.3 Å². The van der Waals surface area contributed by atoms with Crippen molar-refractivity contribution >= 4 is 22.3 Å². The van der Waals surface area contributed by atoms with Gasteiger partial charge in [-0.3, -0.25) is 4.99 Å². The fourth-order valence-electron chi connectivity index (χ4n) is 0.519. The number of hydrogen-bond acceptors (Lipinski definition) is 1. The Labute approximate surface area is 106 Å². The molecule has 0 saturated heterocycles. The zero-order valence-electron chi connectivity index (χ0n) is 7.48. The van der Waals surface area contributed by atoms with E-state index in [-0.39, 0.29) is 31.1 Å². The topological polar surface area (TPSA) is 24.4 Å². The minimum Gasteiger partial charge on any atom is -0.425 e. The molecular formula is C8H12BrN2U-. The third-order valence-electron chi connectivity index (χ3n) is 1.09. The molecule has 0 radical (unpaired) electrons. The van der Waals surface area contributed by atoms with Gasteiger partial charge >= 0.3 is 0 Å². The molecule has 0 spiro atoms. The molecule has 0 saturated carbocycles. The molecule has 12 heavy (non-hydrogen) atoms. The molecule has 0 amide bonds. The molecule has 0 aliphatic carbocycles. The molecule has 0 aliphatic rings. The minimum atomic E-state index is 0. The van der Waals surface area contributed by atoms with Crippen molar-refractivity contribution in [2.45, 2.75) is 13.8 Å². The van der Waals surface area contributed by atoms with Gasteiger partial charge < -0.3 is 5.32 Å². The normalized spacial score (nSPS) is 10.0. The van der Waals surface area contributed by atoms with Crippen LogP contribution in [0.15, 0.2) is 22.3 Å². The van der Waals surface area contributed by atoms with Crippen LogP contribution in [0.3, 0.4) is 0 Å². The van der Waals surface area contributed by atoms with E-state index in [1.54, 1.807) is 13.4 Å². The predicted molar refractivity (Wildman–Crippen MR) is 52.7 cm³/mol. The number of halogens is 1. The molecule has 4 heteroatoms. The molecule has 0 unspecified atom stereocenters. The molecule has 0 rings (SSSR count). The molecule has 0 heterocycles. The average molecular weight is 454 g/mol. The Morgan fingerprint density at radius 3 is 2.42 bits per heavy atom.